The topological polar surface area (TPSA) is 0 Å². The molecule has 0 N–H and O–H groups in total. The van der Waals surface area contributed by atoms with Crippen LogP contribution in [0.2, 0.25) is 0 Å². The van der Waals surface area contributed by atoms with Crippen molar-refractivity contribution < 1.29 is 0 Å². The van der Waals surface area contributed by atoms with E-state index in [0.29, 0.717) is 0 Å². The first-order valence-corrected chi connectivity index (χ1v) is 585. The maximum absolute atomic E-state index is 3.47. The molecule has 0 amide bonds. The molecule has 0 rings (SSSR count). The van der Waals surface area contributed by atoms with Crippen molar-refractivity contribution in [2.45, 2.75) is 0 Å². The molecule has 0 heterocycles. The zero-order valence-corrected chi connectivity index (χ0v) is 233. The van der Waals surface area contributed by atoms with Crippen LogP contribution < -0.4 is 0 Å². The average Bonchev–Trinajstić information content (AvgIpc) is 0.887. The minimum absolute atomic E-state index is 0.489. The Balaban J connectivity index is 5.87. The van der Waals surface area contributed by atoms with E-state index >= 15 is 0 Å². The van der Waals surface area contributed by atoms with E-state index in [2.05, 4.69) is 875 Å². The monoisotopic (exact) mass is 11700 g/mol. The molecule has 92 heavy (non-hydrogen) atoms. The zero-order valence-electron chi connectivity index (χ0n) is 34.8. The second-order valence-corrected chi connectivity index (χ2v) is 2200. The summed E-state index contributed by atoms with van der Waals surface area (Å²) in [6.45, 7) is 0. The number of halogens is 92. The van der Waals surface area contributed by atoms with Crippen LogP contribution in [0.15, 0.2) is 0 Å². The van der Waals surface area contributed by atoms with Crippen LogP contribution in [0.25, 0.3) is 0 Å². The zero-order chi connectivity index (χ0) is 73.0. The fourth-order valence-corrected chi connectivity index (χ4v) is 18000. The summed E-state index contributed by atoms with van der Waals surface area (Å²) in [5.74, 6) is 0. The number of hydrogen-bond donors (Lipinski definition) is 0. The van der Waals surface area contributed by atoms with Crippen molar-refractivity contribution in [3.05, 3.63) is 0 Å². The van der Waals surface area contributed by atoms with Gasteiger partial charge < -0.3 is 0 Å². The Morgan fingerprint density at radius 2 is 0.0870 bits per heavy atom. The minimum atomic E-state index is -0.653. The summed E-state index contributed by atoms with van der Waals surface area (Å²) < 4.78 is 0. The Hall–Kier alpha value is 67.2. The third-order valence-electron chi connectivity index (χ3n) is 3.59. The Morgan fingerprint density at radius 1 is 0.0543 bits per heavy atom. The van der Waals surface area contributed by atoms with Crippen LogP contribution in [-0.4, -0.2) is 0 Å². The van der Waals surface area contributed by atoms with Crippen molar-refractivity contribution in [2.75, 3.05) is 0 Å². The molecule has 92 heteroatoms. The van der Waals surface area contributed by atoms with Gasteiger partial charge in [-0.1, -0.05) is 0 Å². The van der Waals surface area contributed by atoms with Gasteiger partial charge in [0.05, 0.1) is 0 Å². The summed E-state index contributed by atoms with van der Waals surface area (Å²) in [6, 6.07) is 0. The predicted molar refractivity (Wildman–Crippen MR) is 1290 cm³/mol. The molecule has 0 aliphatic carbocycles. The van der Waals surface area contributed by atoms with E-state index < -0.39 is 355 Å². The molecule has 0 aromatic rings. The Bertz CT molecular complexity index is 1770. The van der Waals surface area contributed by atoms with Gasteiger partial charge in [0.25, 0.3) is 0 Å². The van der Waals surface area contributed by atoms with Gasteiger partial charge in [-0.15, -0.1) is 0 Å². The van der Waals surface area contributed by atoms with E-state index in [1.807, 2.05) is 0 Å². The van der Waals surface area contributed by atoms with Crippen LogP contribution in [0.3, 0.4) is 0 Å². The summed E-state index contributed by atoms with van der Waals surface area (Å²) in [5, 5.41) is 0. The Labute approximate surface area is 1150 Å². The summed E-state index contributed by atoms with van der Waals surface area (Å²) in [5.41, 5.74) is 0. The first kappa shape index (κ1) is 159. The summed E-state index contributed by atoms with van der Waals surface area (Å²) in [7, 11) is -27.2. The van der Waals surface area contributed by atoms with Gasteiger partial charge in [-0.25, -0.2) is 0 Å². The van der Waals surface area contributed by atoms with Gasteiger partial charge in [-0.2, -0.15) is 0 Å². The molecule has 0 aliphatic rings. The third-order valence-corrected chi connectivity index (χ3v) is 7270. The predicted octanol–water partition coefficient (Wildman–Crippen LogP) is 81.5. The first-order chi connectivity index (χ1) is 41.8. The second-order valence-electron chi connectivity index (χ2n) is 7.29. The van der Waals surface area contributed by atoms with Gasteiger partial charge in [0, 0.05) is 0 Å². The van der Waals surface area contributed by atoms with Gasteiger partial charge in [0.15, 0.2) is 0 Å². The van der Waals surface area contributed by atoms with Crippen LogP contribution >= 0.6 is 1230 Å². The molecule has 0 nitrogen and oxygen atoms in total. The fourth-order valence-electron chi connectivity index (χ4n) is 1.33. The molecule has 0 aromatic carbocycles. The molecule has 0 spiro atoms. The molecular weight excluding hydrogens is 11700 g/mol. The quantitative estimate of drug-likeness (QED) is 0.0534. The molecule has 0 saturated carbocycles. The van der Waals surface area contributed by atoms with Crippen LogP contribution in [0.1, 0.15) is 0 Å². The molecule has 0 fully saturated rings. The Kier molecular flexibility index (Phi) is 165. The maximum atomic E-state index is 3.47. The first-order valence-electron chi connectivity index (χ1n) is 13.0. The van der Waals surface area contributed by atoms with Crippen LogP contribution in [0.5, 0.6) is 0 Å². The van der Waals surface area contributed by atoms with Crippen LogP contribution in [0.4, 0.5) is 0 Å². The standard InChI is InChI=1S/I92/c1-48(2)50(5)52(7)54(9)56(11)58(13)60(15)62(17)64(19)66(21)68(23)70(25)72(27)74(29)76(31)78(33)80(35)82(37)84(39)86(41)88(43)90(45)92(47)91(46)89(44)87(42)85(40)83(38)81(36)79(34)77(32)75(30)73(28)71(26)69(24)67(22)65(20)63(18)61(16)59(14)57(12)55(10)53(8)51(6)49(3)4. The molecule has 0 bridgehead atoms. The third kappa shape index (κ3) is 64.8. The van der Waals surface area contributed by atoms with Gasteiger partial charge in [-0.05, 0) is 0 Å². The van der Waals surface area contributed by atoms with Gasteiger partial charge in [0.1, 0.15) is 0 Å². The molecule has 0 saturated heterocycles. The molecular formula is I92. The molecule has 0 aliphatic heterocycles. The van der Waals surface area contributed by atoms with E-state index in [9.17, 15) is 0 Å². The normalized spacial score (nSPS) is 19.1. The Morgan fingerprint density at radius 3 is 0.120 bits per heavy atom. The summed E-state index contributed by atoms with van der Waals surface area (Å²) >= 11 is 159. The number of rotatable bonds is 44. The van der Waals surface area contributed by atoms with Crippen molar-refractivity contribution in [3.63, 3.8) is 0 Å². The average molecular weight is 11700 g/mol. The van der Waals surface area contributed by atoms with E-state index in [-0.39, 0.29) is 0 Å². The van der Waals surface area contributed by atoms with Crippen molar-refractivity contribution in [1.29, 1.82) is 0 Å². The van der Waals surface area contributed by atoms with Crippen LogP contribution in [-0.2, 0) is 0 Å². The second kappa shape index (κ2) is 95.6. The molecule has 0 atom stereocenters. The molecule has 0 unspecified atom stereocenters. The van der Waals surface area contributed by atoms with Gasteiger partial charge in [0.2, 0.25) is 0 Å². The fraction of sp³-hybridized carbons (Fsp3) is 0. The van der Waals surface area contributed by atoms with Crippen molar-refractivity contribution in [1.82, 2.24) is 0 Å². The SMILES string of the molecule is II(I)I(I)I(I)I(I)I(I)I(I)I(I)I(I)I(I)I(I)I(I)I(I)I(I)I(I)I(I)I(I)I(I)I(I)I(I)I(I)I(I)I(I)I(I)I(I)I(I)I(I)I(I)I(I)I(I)I(I)I(I)I(I)I(I)I(I)I(I)I(I)I(I)I(I)I(I)I(I)I(I)I(I)I(I)I(I)I(I)I. The van der Waals surface area contributed by atoms with Crippen LogP contribution in [0, 0.1) is 0 Å². The number of hydrogen-bond acceptors (Lipinski definition) is 0. The van der Waals surface area contributed by atoms with E-state index in [1.54, 1.807) is 0 Å². The van der Waals surface area contributed by atoms with Crippen molar-refractivity contribution in [3.8, 4) is 0 Å². The van der Waals surface area contributed by atoms with E-state index in [4.69, 9.17) is 0 Å². The van der Waals surface area contributed by atoms with E-state index in [1.165, 1.54) is 0 Å². The van der Waals surface area contributed by atoms with E-state index in [0.717, 1.165) is 0 Å². The molecule has 0 aromatic heterocycles. The summed E-state index contributed by atoms with van der Waals surface area (Å²) in [6.07, 6.45) is 0. The molecule has 0 radical (unpaired) electrons. The summed E-state index contributed by atoms with van der Waals surface area (Å²) in [4.78, 5) is 0. The van der Waals surface area contributed by atoms with Gasteiger partial charge >= 0.3 is 1230 Å². The van der Waals surface area contributed by atoms with Gasteiger partial charge in [-0.3, -0.25) is 0 Å². The van der Waals surface area contributed by atoms with Crippen molar-refractivity contribution >= 4 is 1230 Å². The van der Waals surface area contributed by atoms with Crippen molar-refractivity contribution in [2.24, 2.45) is 0 Å². The molecule has 644 valence electrons.